The van der Waals surface area contributed by atoms with Crippen LogP contribution in [0.5, 0.6) is 11.5 Å². The lowest BCUT2D eigenvalue weighted by Crippen LogP contribution is -2.17. The van der Waals surface area contributed by atoms with E-state index in [0.717, 1.165) is 12.8 Å². The molecule has 0 bridgehead atoms. The molecule has 0 unspecified atom stereocenters. The highest BCUT2D eigenvalue weighted by Gasteiger charge is 2.15. The summed E-state index contributed by atoms with van der Waals surface area (Å²) in [6.07, 6.45) is 0.902. The fourth-order valence-electron chi connectivity index (χ4n) is 2.19. The summed E-state index contributed by atoms with van der Waals surface area (Å²) in [5.74, 6) is -0.111. The topological polar surface area (TPSA) is 117 Å². The average Bonchev–Trinajstić information content (AvgIpc) is 2.68. The fraction of sp³-hybridized carbons (Fsp3) is 0.263. The van der Waals surface area contributed by atoms with Crippen LogP contribution in [-0.4, -0.2) is 30.7 Å². The number of esters is 1. The van der Waals surface area contributed by atoms with Crippen molar-refractivity contribution in [2.24, 2.45) is 0 Å². The molecule has 0 saturated carbocycles. The SMILES string of the molecule is CCCCOC(=O)c1ccc(OC(=O)Nc2ccc([N+](=O)[O-])cc2OC)cc1. The lowest BCUT2D eigenvalue weighted by Gasteiger charge is -2.10. The molecule has 1 amide bonds. The second-order valence-corrected chi connectivity index (χ2v) is 5.67. The maximum atomic E-state index is 12.0. The molecule has 0 radical (unpaired) electrons. The van der Waals surface area contributed by atoms with Crippen LogP contribution in [-0.2, 0) is 4.74 Å². The highest BCUT2D eigenvalue weighted by molar-refractivity contribution is 5.90. The van der Waals surface area contributed by atoms with Crippen molar-refractivity contribution in [2.45, 2.75) is 19.8 Å². The van der Waals surface area contributed by atoms with Crippen molar-refractivity contribution < 1.29 is 28.7 Å². The van der Waals surface area contributed by atoms with E-state index in [1.165, 1.54) is 49.6 Å². The van der Waals surface area contributed by atoms with Crippen LogP contribution in [0.3, 0.4) is 0 Å². The summed E-state index contributed by atoms with van der Waals surface area (Å²) in [5.41, 5.74) is 0.396. The summed E-state index contributed by atoms with van der Waals surface area (Å²) in [5, 5.41) is 13.2. The van der Waals surface area contributed by atoms with E-state index in [-0.39, 0.29) is 22.9 Å². The number of nitro benzene ring substituents is 1. The summed E-state index contributed by atoms with van der Waals surface area (Å²) in [6.45, 7) is 2.35. The number of nitrogens with zero attached hydrogens (tertiary/aromatic N) is 1. The number of amides is 1. The van der Waals surface area contributed by atoms with E-state index in [0.29, 0.717) is 12.2 Å². The molecule has 0 aromatic heterocycles. The first-order chi connectivity index (χ1) is 13.4. The second kappa shape index (κ2) is 9.91. The van der Waals surface area contributed by atoms with Gasteiger partial charge in [0.1, 0.15) is 11.5 Å². The number of unbranched alkanes of at least 4 members (excludes halogenated alkanes) is 1. The van der Waals surface area contributed by atoms with Gasteiger partial charge in [0, 0.05) is 6.07 Å². The minimum absolute atomic E-state index is 0.122. The maximum absolute atomic E-state index is 12.0. The molecule has 0 aliphatic rings. The normalized spacial score (nSPS) is 10.1. The Hall–Kier alpha value is -3.62. The first-order valence-electron chi connectivity index (χ1n) is 8.53. The van der Waals surface area contributed by atoms with Gasteiger partial charge in [-0.2, -0.15) is 0 Å². The molecule has 0 aliphatic heterocycles. The molecule has 0 aliphatic carbocycles. The van der Waals surface area contributed by atoms with Crippen molar-refractivity contribution >= 4 is 23.4 Å². The predicted molar refractivity (Wildman–Crippen MR) is 101 cm³/mol. The molecule has 0 spiro atoms. The molecule has 2 rings (SSSR count). The Kier molecular flexibility index (Phi) is 7.32. The first kappa shape index (κ1) is 20.7. The quantitative estimate of drug-likeness (QED) is 0.312. The molecule has 0 heterocycles. The molecule has 1 N–H and O–H groups in total. The van der Waals surface area contributed by atoms with Crippen LogP contribution >= 0.6 is 0 Å². The monoisotopic (exact) mass is 388 g/mol. The van der Waals surface area contributed by atoms with Gasteiger partial charge in [-0.25, -0.2) is 9.59 Å². The number of carbonyl (C=O) groups is 2. The van der Waals surface area contributed by atoms with Gasteiger partial charge in [-0.05, 0) is 36.8 Å². The van der Waals surface area contributed by atoms with Crippen LogP contribution in [0.1, 0.15) is 30.1 Å². The van der Waals surface area contributed by atoms with Gasteiger partial charge in [-0.3, -0.25) is 15.4 Å². The molecule has 0 saturated heterocycles. The van der Waals surface area contributed by atoms with Gasteiger partial charge in [0.05, 0.1) is 36.0 Å². The van der Waals surface area contributed by atoms with E-state index < -0.39 is 17.0 Å². The third-order valence-corrected chi connectivity index (χ3v) is 3.66. The zero-order valence-corrected chi connectivity index (χ0v) is 15.5. The third-order valence-electron chi connectivity index (χ3n) is 3.66. The van der Waals surface area contributed by atoms with E-state index >= 15 is 0 Å². The lowest BCUT2D eigenvalue weighted by atomic mass is 10.2. The molecular formula is C19H20N2O7. The van der Waals surface area contributed by atoms with Crippen LogP contribution in [0, 0.1) is 10.1 Å². The molecule has 2 aromatic rings. The Labute approximate surface area is 161 Å². The standard InChI is InChI=1S/C19H20N2O7/c1-3-4-11-27-18(22)13-5-8-15(9-6-13)28-19(23)20-16-10-7-14(21(24)25)12-17(16)26-2/h5-10,12H,3-4,11H2,1-2H3,(H,20,23). The van der Waals surface area contributed by atoms with Gasteiger partial charge in [-0.1, -0.05) is 13.3 Å². The van der Waals surface area contributed by atoms with Crippen molar-refractivity contribution in [3.8, 4) is 11.5 Å². The highest BCUT2D eigenvalue weighted by atomic mass is 16.6. The highest BCUT2D eigenvalue weighted by Crippen LogP contribution is 2.29. The van der Waals surface area contributed by atoms with Gasteiger partial charge in [0.25, 0.3) is 5.69 Å². The second-order valence-electron chi connectivity index (χ2n) is 5.67. The largest absolute Gasteiger partial charge is 0.494 e. The van der Waals surface area contributed by atoms with Crippen molar-refractivity contribution in [3.63, 3.8) is 0 Å². The number of hydrogen-bond acceptors (Lipinski definition) is 7. The van der Waals surface area contributed by atoms with Crippen LogP contribution in [0.15, 0.2) is 42.5 Å². The fourth-order valence-corrected chi connectivity index (χ4v) is 2.19. The number of hydrogen-bond donors (Lipinski definition) is 1. The number of benzene rings is 2. The molecule has 9 heteroatoms. The molecule has 148 valence electrons. The lowest BCUT2D eigenvalue weighted by molar-refractivity contribution is -0.384. The van der Waals surface area contributed by atoms with E-state index in [1.807, 2.05) is 6.92 Å². The first-order valence-corrected chi connectivity index (χ1v) is 8.53. The summed E-state index contributed by atoms with van der Waals surface area (Å²) in [6, 6.07) is 9.66. The number of anilines is 1. The minimum atomic E-state index is -0.814. The van der Waals surface area contributed by atoms with Gasteiger partial charge in [0.15, 0.2) is 0 Å². The summed E-state index contributed by atoms with van der Waals surface area (Å²) in [4.78, 5) is 34.1. The van der Waals surface area contributed by atoms with E-state index in [9.17, 15) is 19.7 Å². The summed E-state index contributed by atoms with van der Waals surface area (Å²) in [7, 11) is 1.33. The van der Waals surface area contributed by atoms with Crippen LogP contribution < -0.4 is 14.8 Å². The average molecular weight is 388 g/mol. The molecule has 28 heavy (non-hydrogen) atoms. The minimum Gasteiger partial charge on any atom is -0.494 e. The Balaban J connectivity index is 1.98. The number of ether oxygens (including phenoxy) is 3. The number of nitro groups is 1. The van der Waals surface area contributed by atoms with Crippen LogP contribution in [0.2, 0.25) is 0 Å². The van der Waals surface area contributed by atoms with E-state index in [1.54, 1.807) is 0 Å². The number of nitrogens with one attached hydrogen (secondary N) is 1. The van der Waals surface area contributed by atoms with Crippen molar-refractivity contribution in [3.05, 3.63) is 58.1 Å². The van der Waals surface area contributed by atoms with Gasteiger partial charge in [0.2, 0.25) is 0 Å². The maximum Gasteiger partial charge on any atom is 0.417 e. The zero-order chi connectivity index (χ0) is 20.5. The smallest absolute Gasteiger partial charge is 0.417 e. The molecule has 9 nitrogen and oxygen atoms in total. The van der Waals surface area contributed by atoms with Gasteiger partial charge >= 0.3 is 12.1 Å². The van der Waals surface area contributed by atoms with E-state index in [4.69, 9.17) is 14.2 Å². The molecule has 2 aromatic carbocycles. The number of non-ortho nitro benzene ring substituents is 1. The zero-order valence-electron chi connectivity index (χ0n) is 15.5. The Morgan fingerprint density at radius 3 is 2.46 bits per heavy atom. The van der Waals surface area contributed by atoms with Gasteiger partial charge < -0.3 is 14.2 Å². The van der Waals surface area contributed by atoms with Crippen molar-refractivity contribution in [1.82, 2.24) is 0 Å². The molecule has 0 atom stereocenters. The Morgan fingerprint density at radius 1 is 1.14 bits per heavy atom. The Morgan fingerprint density at radius 2 is 1.86 bits per heavy atom. The van der Waals surface area contributed by atoms with Crippen molar-refractivity contribution in [1.29, 1.82) is 0 Å². The molecule has 0 fully saturated rings. The summed E-state index contributed by atoms with van der Waals surface area (Å²) < 4.78 is 15.3. The Bertz CT molecular complexity index is 850. The number of carbonyl (C=O) groups excluding carboxylic acids is 2. The molecular weight excluding hydrogens is 368 g/mol. The van der Waals surface area contributed by atoms with Crippen molar-refractivity contribution in [2.75, 3.05) is 19.0 Å². The van der Waals surface area contributed by atoms with Gasteiger partial charge in [-0.15, -0.1) is 0 Å². The third kappa shape index (κ3) is 5.70. The van der Waals surface area contributed by atoms with E-state index in [2.05, 4.69) is 5.32 Å². The van der Waals surface area contributed by atoms with Crippen LogP contribution in [0.25, 0.3) is 0 Å². The predicted octanol–water partition coefficient (Wildman–Crippen LogP) is 4.17. The number of methoxy groups -OCH3 is 1. The number of rotatable bonds is 8. The van der Waals surface area contributed by atoms with Crippen LogP contribution in [0.4, 0.5) is 16.2 Å². The summed E-state index contributed by atoms with van der Waals surface area (Å²) >= 11 is 0.